The molecule has 4 rings (SSSR count). The number of nitrogens with zero attached hydrogens (tertiary/aromatic N) is 2. The highest BCUT2D eigenvalue weighted by Crippen LogP contribution is 2.33. The van der Waals surface area contributed by atoms with Gasteiger partial charge in [-0.05, 0) is 50.1 Å². The highest BCUT2D eigenvalue weighted by Gasteiger charge is 2.32. The lowest BCUT2D eigenvalue weighted by Crippen LogP contribution is -2.33. The number of furan rings is 1. The molecule has 0 saturated heterocycles. The minimum absolute atomic E-state index is 0.122. The summed E-state index contributed by atoms with van der Waals surface area (Å²) in [7, 11) is -3.87. The van der Waals surface area contributed by atoms with Crippen LogP contribution in [0.2, 0.25) is 0 Å². The predicted octanol–water partition coefficient (Wildman–Crippen LogP) is 5.50. The van der Waals surface area contributed by atoms with E-state index in [1.54, 1.807) is 43.5 Å². The summed E-state index contributed by atoms with van der Waals surface area (Å²) >= 11 is 0. The molecule has 2 aromatic heterocycles. The average molecular weight is 437 g/mol. The van der Waals surface area contributed by atoms with E-state index >= 15 is 0 Å². The zero-order valence-electron chi connectivity index (χ0n) is 17.6. The van der Waals surface area contributed by atoms with Crippen molar-refractivity contribution < 1.29 is 17.4 Å². The molecular weight excluding hydrogens is 412 g/mol. The molecule has 4 aromatic rings. The minimum Gasteiger partial charge on any atom is -0.468 e. The van der Waals surface area contributed by atoms with Crippen molar-refractivity contribution in [1.29, 1.82) is 0 Å². The fourth-order valence-electron chi connectivity index (χ4n) is 3.54. The van der Waals surface area contributed by atoms with Gasteiger partial charge in [0.05, 0.1) is 23.4 Å². The summed E-state index contributed by atoms with van der Waals surface area (Å²) in [6.07, 6.45) is 1.55. The summed E-state index contributed by atoms with van der Waals surface area (Å²) in [6.45, 7) is 5.62. The van der Waals surface area contributed by atoms with Crippen molar-refractivity contribution in [2.45, 2.75) is 38.3 Å². The number of hydrogen-bond donors (Lipinski definition) is 0. The van der Waals surface area contributed by atoms with Crippen LogP contribution in [0.5, 0.6) is 0 Å². The third-order valence-corrected chi connectivity index (χ3v) is 7.35. The molecule has 0 N–H and O–H groups in total. The molecule has 2 aromatic carbocycles. The van der Waals surface area contributed by atoms with E-state index in [0.717, 1.165) is 11.3 Å². The molecule has 0 aliphatic carbocycles. The van der Waals surface area contributed by atoms with Crippen molar-refractivity contribution in [1.82, 2.24) is 9.46 Å². The van der Waals surface area contributed by atoms with E-state index in [0.29, 0.717) is 22.6 Å². The molecule has 0 amide bonds. The largest absolute Gasteiger partial charge is 0.468 e. The first-order valence-corrected chi connectivity index (χ1v) is 11.4. The van der Waals surface area contributed by atoms with E-state index < -0.39 is 16.1 Å². The summed E-state index contributed by atoms with van der Waals surface area (Å²) in [5, 5.41) is 3.91. The summed E-state index contributed by atoms with van der Waals surface area (Å²) < 4.78 is 40.1. The first-order valence-electron chi connectivity index (χ1n) is 10.00. The first kappa shape index (κ1) is 21.1. The van der Waals surface area contributed by atoms with Gasteiger partial charge in [-0.2, -0.15) is 4.31 Å². The number of rotatable bonds is 7. The maximum atomic E-state index is 13.9. The van der Waals surface area contributed by atoms with Crippen molar-refractivity contribution >= 4 is 10.0 Å². The average Bonchev–Trinajstić information content (AvgIpc) is 3.44. The molecule has 0 spiro atoms. The third kappa shape index (κ3) is 4.33. The van der Waals surface area contributed by atoms with Gasteiger partial charge in [0.1, 0.15) is 5.76 Å². The Morgan fingerprint density at radius 1 is 1.00 bits per heavy atom. The summed E-state index contributed by atoms with van der Waals surface area (Å²) in [4.78, 5) is 0.230. The predicted molar refractivity (Wildman–Crippen MR) is 118 cm³/mol. The molecule has 0 unspecified atom stereocenters. The Morgan fingerprint density at radius 3 is 2.42 bits per heavy atom. The number of aryl methyl sites for hydroxylation is 2. The summed E-state index contributed by atoms with van der Waals surface area (Å²) in [6, 6.07) is 19.8. The van der Waals surface area contributed by atoms with Gasteiger partial charge in [0, 0.05) is 17.7 Å². The van der Waals surface area contributed by atoms with Gasteiger partial charge in [-0.25, -0.2) is 8.42 Å². The number of hydrogen-bond acceptors (Lipinski definition) is 5. The fraction of sp³-hybridized carbons (Fsp3) is 0.208. The van der Waals surface area contributed by atoms with Gasteiger partial charge in [-0.1, -0.05) is 47.6 Å². The van der Waals surface area contributed by atoms with Crippen LogP contribution in [0.3, 0.4) is 0 Å². The molecule has 6 nitrogen and oxygen atoms in total. The molecule has 0 bridgehead atoms. The maximum absolute atomic E-state index is 13.9. The molecule has 7 heteroatoms. The van der Waals surface area contributed by atoms with E-state index in [4.69, 9.17) is 8.94 Å². The molecule has 0 radical (unpaired) electrons. The Balaban J connectivity index is 1.80. The second-order valence-corrected chi connectivity index (χ2v) is 9.39. The van der Waals surface area contributed by atoms with E-state index in [1.807, 2.05) is 50.2 Å². The molecule has 0 saturated carbocycles. The molecule has 160 valence electrons. The Kier molecular flexibility index (Phi) is 5.80. The lowest BCUT2D eigenvalue weighted by atomic mass is 10.1. The second kappa shape index (κ2) is 8.53. The normalized spacial score (nSPS) is 12.9. The van der Waals surface area contributed by atoms with Crippen LogP contribution in [-0.2, 0) is 16.6 Å². The molecule has 0 fully saturated rings. The SMILES string of the molecule is Cc1cc(-c2ccc(C)c(S(=O)(=O)N(Cc3ccco3)[C@H](C)c3ccccc3)c2)on1. The lowest BCUT2D eigenvalue weighted by molar-refractivity contribution is 0.307. The van der Waals surface area contributed by atoms with Crippen molar-refractivity contribution in [2.75, 3.05) is 0 Å². The van der Waals surface area contributed by atoms with Crippen molar-refractivity contribution in [2.24, 2.45) is 0 Å². The summed E-state index contributed by atoms with van der Waals surface area (Å²) in [5.41, 5.74) is 2.95. The van der Waals surface area contributed by atoms with E-state index in [1.165, 1.54) is 4.31 Å². The molecule has 2 heterocycles. The monoisotopic (exact) mass is 436 g/mol. The Bertz CT molecular complexity index is 1260. The standard InChI is InChI=1S/C24H24N2O4S/c1-17-11-12-21(23-14-18(2)25-30-23)15-24(17)31(27,28)26(16-22-10-7-13-29-22)19(3)20-8-5-4-6-9-20/h4-15,19H,16H2,1-3H3/t19-/m1/s1. The minimum atomic E-state index is -3.87. The van der Waals surface area contributed by atoms with Crippen LogP contribution in [0, 0.1) is 13.8 Å². The fourth-order valence-corrected chi connectivity index (χ4v) is 5.38. The van der Waals surface area contributed by atoms with Gasteiger partial charge in [0.15, 0.2) is 5.76 Å². The van der Waals surface area contributed by atoms with Crippen LogP contribution in [0.1, 0.15) is 35.5 Å². The Hall–Kier alpha value is -3.16. The first-order chi connectivity index (χ1) is 14.9. The number of benzene rings is 2. The van der Waals surface area contributed by atoms with Crippen LogP contribution < -0.4 is 0 Å². The number of sulfonamides is 1. The maximum Gasteiger partial charge on any atom is 0.244 e. The van der Waals surface area contributed by atoms with Crippen molar-refractivity contribution in [3.8, 4) is 11.3 Å². The Morgan fingerprint density at radius 2 is 1.77 bits per heavy atom. The van der Waals surface area contributed by atoms with E-state index in [2.05, 4.69) is 5.16 Å². The molecular formula is C24H24N2O4S. The summed E-state index contributed by atoms with van der Waals surface area (Å²) in [5.74, 6) is 1.11. The molecule has 0 aliphatic rings. The molecule has 1 atom stereocenters. The van der Waals surface area contributed by atoms with Gasteiger partial charge in [0.2, 0.25) is 10.0 Å². The van der Waals surface area contributed by atoms with Crippen LogP contribution in [-0.4, -0.2) is 17.9 Å². The second-order valence-electron chi connectivity index (χ2n) is 7.53. The highest BCUT2D eigenvalue weighted by atomic mass is 32.2. The smallest absolute Gasteiger partial charge is 0.244 e. The topological polar surface area (TPSA) is 76.6 Å². The highest BCUT2D eigenvalue weighted by molar-refractivity contribution is 7.89. The van der Waals surface area contributed by atoms with Crippen molar-refractivity contribution in [3.63, 3.8) is 0 Å². The van der Waals surface area contributed by atoms with Gasteiger partial charge in [-0.3, -0.25) is 0 Å². The van der Waals surface area contributed by atoms with Crippen LogP contribution in [0.15, 0.2) is 86.8 Å². The number of aromatic nitrogens is 1. The van der Waals surface area contributed by atoms with Crippen LogP contribution in [0.25, 0.3) is 11.3 Å². The molecule has 31 heavy (non-hydrogen) atoms. The molecule has 0 aliphatic heterocycles. The zero-order chi connectivity index (χ0) is 22.0. The lowest BCUT2D eigenvalue weighted by Gasteiger charge is -2.29. The van der Waals surface area contributed by atoms with Gasteiger partial charge in [-0.15, -0.1) is 0 Å². The van der Waals surface area contributed by atoms with Gasteiger partial charge in [0.25, 0.3) is 0 Å². The van der Waals surface area contributed by atoms with Crippen LogP contribution in [0.4, 0.5) is 0 Å². The Labute approximate surface area is 182 Å². The van der Waals surface area contributed by atoms with Gasteiger partial charge >= 0.3 is 0 Å². The third-order valence-electron chi connectivity index (χ3n) is 5.29. The quantitative estimate of drug-likeness (QED) is 0.382. The van der Waals surface area contributed by atoms with E-state index in [9.17, 15) is 8.42 Å². The van der Waals surface area contributed by atoms with Crippen LogP contribution >= 0.6 is 0 Å². The van der Waals surface area contributed by atoms with E-state index in [-0.39, 0.29) is 11.4 Å². The van der Waals surface area contributed by atoms with Gasteiger partial charge < -0.3 is 8.94 Å². The van der Waals surface area contributed by atoms with Crippen molar-refractivity contribution in [3.05, 3.63) is 95.6 Å². The zero-order valence-corrected chi connectivity index (χ0v) is 18.5.